The summed E-state index contributed by atoms with van der Waals surface area (Å²) >= 11 is 1.41. The number of benzene rings is 1. The number of para-hydroxylation sites is 1. The molecule has 6 nitrogen and oxygen atoms in total. The molecule has 1 aromatic heterocycles. The van der Waals surface area contributed by atoms with Crippen molar-refractivity contribution >= 4 is 28.2 Å². The Labute approximate surface area is 162 Å². The van der Waals surface area contributed by atoms with Crippen LogP contribution in [0.5, 0.6) is 5.88 Å². The number of urea groups is 1. The molecule has 0 atom stereocenters. The van der Waals surface area contributed by atoms with E-state index in [0.717, 1.165) is 22.9 Å². The highest BCUT2D eigenvalue weighted by molar-refractivity contribution is 7.15. The molecular formula is C19H25FN4O2S. The minimum Gasteiger partial charge on any atom is -0.492 e. The molecule has 1 fully saturated rings. The smallest absolute Gasteiger partial charge is 0.319 e. The fourth-order valence-corrected chi connectivity index (χ4v) is 4.12. The molecule has 146 valence electrons. The van der Waals surface area contributed by atoms with Gasteiger partial charge in [0, 0.05) is 19.0 Å². The van der Waals surface area contributed by atoms with Gasteiger partial charge < -0.3 is 21.1 Å². The molecule has 2 aromatic rings. The second kappa shape index (κ2) is 9.55. The molecule has 8 heteroatoms. The summed E-state index contributed by atoms with van der Waals surface area (Å²) in [7, 11) is 0. The molecule has 0 saturated heterocycles. The summed E-state index contributed by atoms with van der Waals surface area (Å²) in [5.74, 6) is -0.477. The first-order valence-corrected chi connectivity index (χ1v) is 10.2. The molecule has 0 bridgehead atoms. The Kier molecular flexibility index (Phi) is 6.86. The number of carbonyl (C=O) groups is 1. The molecule has 1 aliphatic rings. The van der Waals surface area contributed by atoms with Crippen molar-refractivity contribution in [2.45, 2.75) is 51.0 Å². The molecule has 1 heterocycles. The van der Waals surface area contributed by atoms with Crippen molar-refractivity contribution in [1.29, 1.82) is 0 Å². The van der Waals surface area contributed by atoms with Crippen molar-refractivity contribution in [1.82, 2.24) is 10.3 Å². The van der Waals surface area contributed by atoms with Crippen LogP contribution in [0.15, 0.2) is 24.3 Å². The number of anilines is 2. The van der Waals surface area contributed by atoms with Crippen LogP contribution in [0.4, 0.5) is 20.0 Å². The predicted octanol–water partition coefficient (Wildman–Crippen LogP) is 4.49. The first kappa shape index (κ1) is 19.4. The molecule has 0 unspecified atom stereocenters. The van der Waals surface area contributed by atoms with Crippen molar-refractivity contribution in [2.75, 3.05) is 17.2 Å². The molecule has 0 spiro atoms. The quantitative estimate of drug-likeness (QED) is 0.546. The zero-order valence-corrected chi connectivity index (χ0v) is 15.9. The monoisotopic (exact) mass is 392 g/mol. The molecule has 2 amide bonds. The highest BCUT2D eigenvalue weighted by Crippen LogP contribution is 2.30. The molecule has 1 aromatic carbocycles. The highest BCUT2D eigenvalue weighted by atomic mass is 32.1. The zero-order valence-electron chi connectivity index (χ0n) is 15.1. The number of carbonyl (C=O) groups excluding carboxylic acids is 1. The minimum absolute atomic E-state index is 0.00688. The molecule has 4 N–H and O–H groups in total. The number of hydrogen-bond donors (Lipinski definition) is 4. The lowest BCUT2D eigenvalue weighted by atomic mass is 10.1. The van der Waals surface area contributed by atoms with Crippen LogP contribution < -0.4 is 16.0 Å². The van der Waals surface area contributed by atoms with E-state index in [9.17, 15) is 14.3 Å². The van der Waals surface area contributed by atoms with Gasteiger partial charge in [-0.3, -0.25) is 0 Å². The largest absolute Gasteiger partial charge is 0.492 e. The summed E-state index contributed by atoms with van der Waals surface area (Å²) in [5, 5.41) is 19.3. The van der Waals surface area contributed by atoms with Crippen molar-refractivity contribution in [3.8, 4) is 5.88 Å². The fourth-order valence-electron chi connectivity index (χ4n) is 3.19. The maximum atomic E-state index is 13.5. The Morgan fingerprint density at radius 3 is 2.70 bits per heavy atom. The Hall–Kier alpha value is -2.35. The fraction of sp³-hybridized carbons (Fsp3) is 0.474. The summed E-state index contributed by atoms with van der Waals surface area (Å²) in [5.41, 5.74) is 0.130. The average Bonchev–Trinajstić information content (AvgIpc) is 2.83. The Balaban J connectivity index is 1.46. The van der Waals surface area contributed by atoms with Gasteiger partial charge in [-0.25, -0.2) is 9.18 Å². The van der Waals surface area contributed by atoms with E-state index in [4.69, 9.17) is 0 Å². The summed E-state index contributed by atoms with van der Waals surface area (Å²) in [6.45, 7) is 0.318. The van der Waals surface area contributed by atoms with E-state index in [-0.39, 0.29) is 11.6 Å². The molecule has 3 rings (SSSR count). The number of halogens is 1. The lowest BCUT2D eigenvalue weighted by molar-refractivity contribution is 0.252. The van der Waals surface area contributed by atoms with Gasteiger partial charge in [0.05, 0.1) is 10.6 Å². The lowest BCUT2D eigenvalue weighted by Gasteiger charge is -2.14. The molecular weight excluding hydrogens is 367 g/mol. The number of aromatic hydroxyl groups is 1. The SMILES string of the molecule is O=C(NCCc1sc(NC2CCCCCC2)nc1O)Nc1ccccc1F. The minimum atomic E-state index is -0.485. The normalized spacial score (nSPS) is 15.1. The number of nitrogens with one attached hydrogen (secondary N) is 3. The van der Waals surface area contributed by atoms with Crippen LogP contribution in [0.2, 0.25) is 0 Å². The number of thiazole rings is 1. The Morgan fingerprint density at radius 2 is 1.96 bits per heavy atom. The van der Waals surface area contributed by atoms with E-state index in [2.05, 4.69) is 20.9 Å². The third-order valence-corrected chi connectivity index (χ3v) is 5.65. The predicted molar refractivity (Wildman–Crippen MR) is 106 cm³/mol. The number of amides is 2. The third-order valence-electron chi connectivity index (χ3n) is 4.62. The van der Waals surface area contributed by atoms with Crippen LogP contribution in [0.3, 0.4) is 0 Å². The second-order valence-corrected chi connectivity index (χ2v) is 7.79. The Morgan fingerprint density at radius 1 is 1.22 bits per heavy atom. The van der Waals surface area contributed by atoms with Gasteiger partial charge in [-0.15, -0.1) is 0 Å². The highest BCUT2D eigenvalue weighted by Gasteiger charge is 2.16. The molecule has 0 aliphatic heterocycles. The maximum absolute atomic E-state index is 13.5. The van der Waals surface area contributed by atoms with Gasteiger partial charge in [0.2, 0.25) is 5.88 Å². The van der Waals surface area contributed by atoms with Crippen LogP contribution in [0.25, 0.3) is 0 Å². The van der Waals surface area contributed by atoms with Crippen molar-refractivity contribution < 1.29 is 14.3 Å². The van der Waals surface area contributed by atoms with E-state index < -0.39 is 11.8 Å². The molecule has 27 heavy (non-hydrogen) atoms. The third kappa shape index (κ3) is 5.82. The van der Waals surface area contributed by atoms with Crippen LogP contribution >= 0.6 is 11.3 Å². The first-order chi connectivity index (χ1) is 13.1. The van der Waals surface area contributed by atoms with Crippen molar-refractivity contribution in [3.05, 3.63) is 35.0 Å². The van der Waals surface area contributed by atoms with Crippen LogP contribution in [-0.2, 0) is 6.42 Å². The van der Waals surface area contributed by atoms with Gasteiger partial charge in [-0.1, -0.05) is 49.2 Å². The van der Waals surface area contributed by atoms with E-state index in [1.54, 1.807) is 12.1 Å². The average molecular weight is 392 g/mol. The number of rotatable bonds is 6. The van der Waals surface area contributed by atoms with E-state index in [1.165, 1.54) is 49.2 Å². The summed E-state index contributed by atoms with van der Waals surface area (Å²) in [4.78, 5) is 16.8. The van der Waals surface area contributed by atoms with Gasteiger partial charge >= 0.3 is 6.03 Å². The molecule has 0 radical (unpaired) electrons. The molecule has 1 saturated carbocycles. The van der Waals surface area contributed by atoms with Gasteiger partial charge in [0.25, 0.3) is 0 Å². The zero-order chi connectivity index (χ0) is 19.1. The van der Waals surface area contributed by atoms with Crippen LogP contribution in [0, 0.1) is 5.82 Å². The summed E-state index contributed by atoms with van der Waals surface area (Å²) < 4.78 is 13.5. The number of aromatic nitrogens is 1. The van der Waals surface area contributed by atoms with Crippen LogP contribution in [0.1, 0.15) is 43.4 Å². The van der Waals surface area contributed by atoms with Crippen LogP contribution in [-0.4, -0.2) is 28.7 Å². The van der Waals surface area contributed by atoms with Crippen molar-refractivity contribution in [3.63, 3.8) is 0 Å². The van der Waals surface area contributed by atoms with Crippen molar-refractivity contribution in [2.24, 2.45) is 0 Å². The van der Waals surface area contributed by atoms with E-state index in [1.807, 2.05) is 0 Å². The number of hydrogen-bond acceptors (Lipinski definition) is 5. The first-order valence-electron chi connectivity index (χ1n) is 9.36. The van der Waals surface area contributed by atoms with Gasteiger partial charge in [-0.2, -0.15) is 4.98 Å². The topological polar surface area (TPSA) is 86.3 Å². The Bertz CT molecular complexity index is 760. The molecule has 1 aliphatic carbocycles. The summed E-state index contributed by atoms with van der Waals surface area (Å²) in [6.07, 6.45) is 7.74. The van der Waals surface area contributed by atoms with Gasteiger partial charge in [0.1, 0.15) is 5.82 Å². The second-order valence-electron chi connectivity index (χ2n) is 6.71. The number of nitrogens with zero attached hydrogens (tertiary/aromatic N) is 1. The van der Waals surface area contributed by atoms with Gasteiger partial charge in [0.15, 0.2) is 5.13 Å². The summed E-state index contributed by atoms with van der Waals surface area (Å²) in [6, 6.07) is 5.92. The van der Waals surface area contributed by atoms with E-state index in [0.29, 0.717) is 19.0 Å². The standard InChI is InChI=1S/C19H25FN4O2S/c20-14-9-5-6-10-15(14)23-18(26)21-12-11-16-17(25)24-19(27-16)22-13-7-3-1-2-4-8-13/h5-6,9-10,13,25H,1-4,7-8,11-12H2,(H,22,24)(H2,21,23,26). The lowest BCUT2D eigenvalue weighted by Crippen LogP contribution is -2.30. The van der Waals surface area contributed by atoms with E-state index >= 15 is 0 Å². The van der Waals surface area contributed by atoms with Gasteiger partial charge in [-0.05, 0) is 25.0 Å². The maximum Gasteiger partial charge on any atom is 0.319 e.